The monoisotopic (exact) mass is 323 g/mol. The quantitative estimate of drug-likeness (QED) is 0.793. The lowest BCUT2D eigenvalue weighted by molar-refractivity contribution is 0.0935. The van der Waals surface area contributed by atoms with Crippen LogP contribution in [0.1, 0.15) is 72.8 Å². The maximum absolute atomic E-state index is 12.6. The summed E-state index contributed by atoms with van der Waals surface area (Å²) in [5, 5.41) is 3.18. The van der Waals surface area contributed by atoms with Crippen molar-refractivity contribution < 1.29 is 4.79 Å². The molecule has 1 amide bonds. The maximum atomic E-state index is 12.6. The van der Waals surface area contributed by atoms with Gasteiger partial charge < -0.3 is 5.32 Å². The first-order valence-corrected chi connectivity index (χ1v) is 8.71. The summed E-state index contributed by atoms with van der Waals surface area (Å²) in [5.74, 6) is -0.0118. The Hall–Kier alpha value is -2.09. The van der Waals surface area contributed by atoms with Crippen LogP contribution in [0.4, 0.5) is 0 Å². The summed E-state index contributed by atoms with van der Waals surface area (Å²) < 4.78 is 0. The molecule has 0 saturated carbocycles. The van der Waals surface area contributed by atoms with Crippen LogP contribution in [0.2, 0.25) is 0 Å². The van der Waals surface area contributed by atoms with Gasteiger partial charge in [0, 0.05) is 5.56 Å². The van der Waals surface area contributed by atoms with Crippen LogP contribution in [0.25, 0.3) is 0 Å². The maximum Gasteiger partial charge on any atom is 0.251 e. The van der Waals surface area contributed by atoms with Gasteiger partial charge in [0.15, 0.2) is 0 Å². The first-order valence-electron chi connectivity index (χ1n) is 8.71. The van der Waals surface area contributed by atoms with Crippen LogP contribution in [-0.4, -0.2) is 5.91 Å². The number of hydrogen-bond acceptors (Lipinski definition) is 1. The minimum Gasteiger partial charge on any atom is -0.345 e. The van der Waals surface area contributed by atoms with Gasteiger partial charge in [-0.25, -0.2) is 0 Å². The zero-order chi connectivity index (χ0) is 17.9. The highest BCUT2D eigenvalue weighted by Gasteiger charge is 2.17. The SMILES string of the molecule is CC[C@H](NC(=O)c1ccc(C(C)(C)C)cc1)c1ccc(C)cc1C. The van der Waals surface area contributed by atoms with E-state index >= 15 is 0 Å². The third-order valence-corrected chi connectivity index (χ3v) is 4.53. The lowest BCUT2D eigenvalue weighted by Crippen LogP contribution is -2.28. The van der Waals surface area contributed by atoms with Gasteiger partial charge in [0.1, 0.15) is 0 Å². The van der Waals surface area contributed by atoms with Crippen molar-refractivity contribution in [2.75, 3.05) is 0 Å². The van der Waals surface area contributed by atoms with Gasteiger partial charge in [0.2, 0.25) is 0 Å². The van der Waals surface area contributed by atoms with Crippen LogP contribution in [0.3, 0.4) is 0 Å². The molecule has 0 fully saturated rings. The number of amides is 1. The molecular weight excluding hydrogens is 294 g/mol. The standard InChI is InChI=1S/C22H29NO/c1-7-20(19-13-8-15(2)14-16(19)3)23-21(24)17-9-11-18(12-10-17)22(4,5)6/h8-14,20H,7H2,1-6H3,(H,23,24)/t20-/m0/s1. The van der Waals surface area contributed by atoms with Crippen LogP contribution in [0.15, 0.2) is 42.5 Å². The fourth-order valence-electron chi connectivity index (χ4n) is 2.98. The minimum absolute atomic E-state index is 0.0118. The molecule has 2 heteroatoms. The van der Waals surface area contributed by atoms with E-state index < -0.39 is 0 Å². The van der Waals surface area contributed by atoms with Crippen LogP contribution in [0, 0.1) is 13.8 Å². The Morgan fingerprint density at radius 2 is 1.67 bits per heavy atom. The topological polar surface area (TPSA) is 29.1 Å². The molecule has 0 aliphatic carbocycles. The van der Waals surface area contributed by atoms with Crippen LogP contribution >= 0.6 is 0 Å². The summed E-state index contributed by atoms with van der Waals surface area (Å²) in [7, 11) is 0. The smallest absolute Gasteiger partial charge is 0.251 e. The van der Waals surface area contributed by atoms with Crippen molar-refractivity contribution in [1.29, 1.82) is 0 Å². The molecule has 0 bridgehead atoms. The van der Waals surface area contributed by atoms with Crippen molar-refractivity contribution in [3.8, 4) is 0 Å². The van der Waals surface area contributed by atoms with Gasteiger partial charge in [0.25, 0.3) is 5.91 Å². The van der Waals surface area contributed by atoms with E-state index in [4.69, 9.17) is 0 Å². The van der Waals surface area contributed by atoms with E-state index in [1.165, 1.54) is 22.3 Å². The molecule has 0 unspecified atom stereocenters. The Morgan fingerprint density at radius 3 is 2.17 bits per heavy atom. The lowest BCUT2D eigenvalue weighted by Gasteiger charge is -2.21. The molecule has 1 N–H and O–H groups in total. The molecule has 0 spiro atoms. The summed E-state index contributed by atoms with van der Waals surface area (Å²) in [6.45, 7) is 12.8. The lowest BCUT2D eigenvalue weighted by atomic mass is 9.86. The Balaban J connectivity index is 2.17. The molecular formula is C22H29NO. The van der Waals surface area contributed by atoms with Crippen molar-refractivity contribution in [3.63, 3.8) is 0 Å². The molecule has 0 aliphatic rings. The zero-order valence-electron chi connectivity index (χ0n) is 15.7. The van der Waals surface area contributed by atoms with Crippen molar-refractivity contribution in [2.24, 2.45) is 0 Å². The second-order valence-corrected chi connectivity index (χ2v) is 7.62. The van der Waals surface area contributed by atoms with Gasteiger partial charge in [-0.2, -0.15) is 0 Å². The molecule has 2 aromatic carbocycles. The zero-order valence-corrected chi connectivity index (χ0v) is 15.7. The third-order valence-electron chi connectivity index (χ3n) is 4.53. The highest BCUT2D eigenvalue weighted by molar-refractivity contribution is 5.94. The molecule has 2 aromatic rings. The number of carbonyl (C=O) groups excluding carboxylic acids is 1. The molecule has 0 radical (unpaired) electrons. The third kappa shape index (κ3) is 4.25. The molecule has 1 atom stereocenters. The van der Waals surface area contributed by atoms with E-state index in [2.05, 4.69) is 65.1 Å². The number of benzene rings is 2. The fraction of sp³-hybridized carbons (Fsp3) is 0.409. The largest absolute Gasteiger partial charge is 0.345 e. The van der Waals surface area contributed by atoms with Gasteiger partial charge in [-0.05, 0) is 54.5 Å². The molecule has 2 rings (SSSR count). The first kappa shape index (κ1) is 18.3. The summed E-state index contributed by atoms with van der Waals surface area (Å²) in [6.07, 6.45) is 0.871. The first-order chi connectivity index (χ1) is 11.2. The Labute approximate surface area is 146 Å². The van der Waals surface area contributed by atoms with E-state index in [1.54, 1.807) is 0 Å². The van der Waals surface area contributed by atoms with E-state index in [-0.39, 0.29) is 17.4 Å². The van der Waals surface area contributed by atoms with Crippen molar-refractivity contribution in [2.45, 2.75) is 59.4 Å². The van der Waals surface area contributed by atoms with Gasteiger partial charge in [-0.1, -0.05) is 63.6 Å². The predicted molar refractivity (Wildman–Crippen MR) is 102 cm³/mol. The van der Waals surface area contributed by atoms with Crippen LogP contribution < -0.4 is 5.32 Å². The second-order valence-electron chi connectivity index (χ2n) is 7.62. The molecule has 24 heavy (non-hydrogen) atoms. The van der Waals surface area contributed by atoms with Gasteiger partial charge in [-0.3, -0.25) is 4.79 Å². The number of rotatable bonds is 4. The van der Waals surface area contributed by atoms with Gasteiger partial charge in [0.05, 0.1) is 6.04 Å². The average molecular weight is 323 g/mol. The minimum atomic E-state index is -0.0118. The van der Waals surface area contributed by atoms with Crippen molar-refractivity contribution in [1.82, 2.24) is 5.32 Å². The highest BCUT2D eigenvalue weighted by atomic mass is 16.1. The Morgan fingerprint density at radius 1 is 1.04 bits per heavy atom. The van der Waals surface area contributed by atoms with E-state index in [1.807, 2.05) is 24.3 Å². The van der Waals surface area contributed by atoms with E-state index in [0.717, 1.165) is 6.42 Å². The number of hydrogen-bond donors (Lipinski definition) is 1. The molecule has 128 valence electrons. The summed E-state index contributed by atoms with van der Waals surface area (Å²) in [5.41, 5.74) is 5.72. The normalized spacial score (nSPS) is 12.8. The number of nitrogens with one attached hydrogen (secondary N) is 1. The van der Waals surface area contributed by atoms with E-state index in [0.29, 0.717) is 5.56 Å². The summed E-state index contributed by atoms with van der Waals surface area (Å²) >= 11 is 0. The summed E-state index contributed by atoms with van der Waals surface area (Å²) in [6, 6.07) is 14.4. The van der Waals surface area contributed by atoms with Crippen molar-refractivity contribution in [3.05, 3.63) is 70.3 Å². The molecule has 0 aliphatic heterocycles. The fourth-order valence-corrected chi connectivity index (χ4v) is 2.98. The van der Waals surface area contributed by atoms with Crippen LogP contribution in [-0.2, 0) is 5.41 Å². The second kappa shape index (κ2) is 7.21. The Kier molecular flexibility index (Phi) is 5.48. The highest BCUT2D eigenvalue weighted by Crippen LogP contribution is 2.24. The van der Waals surface area contributed by atoms with Gasteiger partial charge in [-0.15, -0.1) is 0 Å². The molecule has 0 heterocycles. The molecule has 0 aromatic heterocycles. The average Bonchev–Trinajstić information content (AvgIpc) is 2.52. The number of carbonyl (C=O) groups is 1. The molecule has 2 nitrogen and oxygen atoms in total. The molecule has 0 saturated heterocycles. The van der Waals surface area contributed by atoms with Crippen LogP contribution in [0.5, 0.6) is 0 Å². The van der Waals surface area contributed by atoms with Gasteiger partial charge >= 0.3 is 0 Å². The predicted octanol–water partition coefficient (Wildman–Crippen LogP) is 5.48. The van der Waals surface area contributed by atoms with Crippen molar-refractivity contribution >= 4 is 5.91 Å². The summed E-state index contributed by atoms with van der Waals surface area (Å²) in [4.78, 5) is 12.6. The number of aryl methyl sites for hydroxylation is 2. The van der Waals surface area contributed by atoms with E-state index in [9.17, 15) is 4.79 Å². The Bertz CT molecular complexity index is 708.